The molecule has 0 radical (unpaired) electrons. The predicted octanol–water partition coefficient (Wildman–Crippen LogP) is 3.86. The summed E-state index contributed by atoms with van der Waals surface area (Å²) in [5.41, 5.74) is 2.78. The Labute approximate surface area is 144 Å². The van der Waals surface area contributed by atoms with Gasteiger partial charge in [-0.15, -0.1) is 0 Å². The first-order chi connectivity index (χ1) is 12.1. The number of nitrogens with zero attached hydrogens (tertiary/aromatic N) is 2. The Morgan fingerprint density at radius 2 is 1.92 bits per heavy atom. The van der Waals surface area contributed by atoms with Gasteiger partial charge < -0.3 is 9.40 Å². The minimum Gasteiger partial charge on any atom is -0.459 e. The molecule has 5 nitrogen and oxygen atoms in total. The number of furan rings is 1. The van der Waals surface area contributed by atoms with Gasteiger partial charge in [0.25, 0.3) is 5.56 Å². The second-order valence-corrected chi connectivity index (χ2v) is 6.31. The summed E-state index contributed by atoms with van der Waals surface area (Å²) in [7, 11) is 1.97. The van der Waals surface area contributed by atoms with E-state index < -0.39 is 0 Å². The van der Waals surface area contributed by atoms with Crippen molar-refractivity contribution >= 4 is 22.0 Å². The Morgan fingerprint density at radius 1 is 1.16 bits per heavy atom. The molecule has 0 aliphatic rings. The predicted molar refractivity (Wildman–Crippen MR) is 98.5 cm³/mol. The molecule has 0 saturated carbocycles. The summed E-state index contributed by atoms with van der Waals surface area (Å²) in [5, 5.41) is 1.08. The lowest BCUT2D eigenvalue weighted by atomic mass is 10.2. The van der Waals surface area contributed by atoms with Gasteiger partial charge in [-0.1, -0.05) is 30.3 Å². The first-order valence-electron chi connectivity index (χ1n) is 8.28. The number of fused-ring (bicyclic) bond motifs is 2. The van der Waals surface area contributed by atoms with Crippen LogP contribution < -0.4 is 5.56 Å². The van der Waals surface area contributed by atoms with Crippen LogP contribution in [-0.2, 0) is 6.54 Å². The quantitative estimate of drug-likeness (QED) is 0.616. The normalized spacial score (nSPS) is 12.9. The summed E-state index contributed by atoms with van der Waals surface area (Å²) in [6.45, 7) is 2.51. The molecule has 0 bridgehead atoms. The number of benzene rings is 2. The first-order valence-corrected chi connectivity index (χ1v) is 8.28. The number of hydrogen-bond donors (Lipinski definition) is 1. The topological polar surface area (TPSA) is 62.1 Å². The van der Waals surface area contributed by atoms with E-state index in [0.717, 1.165) is 27.8 Å². The number of H-pyrrole nitrogens is 1. The number of hydrogen-bond acceptors (Lipinski definition) is 4. The smallest absolute Gasteiger partial charge is 0.271 e. The van der Waals surface area contributed by atoms with Crippen LogP contribution in [0, 0.1) is 0 Å². The molecular weight excluding hydrogens is 314 g/mol. The van der Waals surface area contributed by atoms with Crippen LogP contribution in [0.4, 0.5) is 0 Å². The average Bonchev–Trinajstić information content (AvgIpc) is 3.05. The molecule has 0 saturated heterocycles. The van der Waals surface area contributed by atoms with Crippen molar-refractivity contribution in [2.75, 3.05) is 7.05 Å². The van der Waals surface area contributed by atoms with Gasteiger partial charge >= 0.3 is 0 Å². The minimum absolute atomic E-state index is 0.0278. The molecule has 4 aromatic rings. The van der Waals surface area contributed by atoms with E-state index in [9.17, 15) is 4.79 Å². The molecule has 5 heteroatoms. The van der Waals surface area contributed by atoms with Crippen molar-refractivity contribution in [1.82, 2.24) is 14.9 Å². The standard InChI is InChI=1S/C20H19N3O2/c1-13(19-11-14-7-3-6-10-18(14)25-19)23(2)12-17-20(24)22-16-9-5-4-8-15(16)21-17/h3-11,13H,12H2,1-2H3,(H,22,24)/t13-/m1/s1. The second kappa shape index (κ2) is 6.18. The lowest BCUT2D eigenvalue weighted by Crippen LogP contribution is -2.27. The van der Waals surface area contributed by atoms with E-state index in [4.69, 9.17) is 4.42 Å². The lowest BCUT2D eigenvalue weighted by Gasteiger charge is -2.22. The summed E-state index contributed by atoms with van der Waals surface area (Å²) in [6, 6.07) is 17.6. The zero-order valence-electron chi connectivity index (χ0n) is 14.2. The lowest BCUT2D eigenvalue weighted by molar-refractivity contribution is 0.223. The molecular formula is C20H19N3O2. The molecule has 0 amide bonds. The van der Waals surface area contributed by atoms with Gasteiger partial charge in [0.05, 0.1) is 17.1 Å². The highest BCUT2D eigenvalue weighted by atomic mass is 16.3. The summed E-state index contributed by atoms with van der Waals surface area (Å²) < 4.78 is 5.94. The second-order valence-electron chi connectivity index (χ2n) is 6.31. The fourth-order valence-corrected chi connectivity index (χ4v) is 2.97. The van der Waals surface area contributed by atoms with Gasteiger partial charge in [0.1, 0.15) is 17.0 Å². The molecule has 1 atom stereocenters. The summed E-state index contributed by atoms with van der Waals surface area (Å²) in [4.78, 5) is 21.8. The van der Waals surface area contributed by atoms with Crippen molar-refractivity contribution in [3.8, 4) is 0 Å². The van der Waals surface area contributed by atoms with E-state index in [0.29, 0.717) is 12.2 Å². The van der Waals surface area contributed by atoms with Crippen LogP contribution in [0.25, 0.3) is 22.0 Å². The first kappa shape index (κ1) is 15.6. The molecule has 4 rings (SSSR count). The molecule has 0 fully saturated rings. The van der Waals surface area contributed by atoms with Crippen molar-refractivity contribution in [3.63, 3.8) is 0 Å². The van der Waals surface area contributed by atoms with Gasteiger partial charge in [-0.2, -0.15) is 0 Å². The third-order valence-corrected chi connectivity index (χ3v) is 4.59. The Balaban J connectivity index is 1.61. The molecule has 0 spiro atoms. The molecule has 0 aliphatic heterocycles. The molecule has 2 aromatic carbocycles. The zero-order chi connectivity index (χ0) is 17.4. The Morgan fingerprint density at radius 3 is 2.76 bits per heavy atom. The minimum atomic E-state index is -0.151. The molecule has 0 unspecified atom stereocenters. The van der Waals surface area contributed by atoms with Gasteiger partial charge in [0.2, 0.25) is 0 Å². The molecule has 25 heavy (non-hydrogen) atoms. The summed E-state index contributed by atoms with van der Waals surface area (Å²) in [5.74, 6) is 0.876. The van der Waals surface area contributed by atoms with E-state index in [2.05, 4.69) is 27.9 Å². The summed E-state index contributed by atoms with van der Waals surface area (Å²) >= 11 is 0. The van der Waals surface area contributed by atoms with Crippen molar-refractivity contribution < 1.29 is 4.42 Å². The Hall–Kier alpha value is -2.92. The van der Waals surface area contributed by atoms with E-state index >= 15 is 0 Å². The highest BCUT2D eigenvalue weighted by molar-refractivity contribution is 5.77. The maximum absolute atomic E-state index is 12.3. The van der Waals surface area contributed by atoms with Gasteiger partial charge in [-0.3, -0.25) is 9.69 Å². The number of para-hydroxylation sites is 3. The summed E-state index contributed by atoms with van der Waals surface area (Å²) in [6.07, 6.45) is 0. The highest BCUT2D eigenvalue weighted by Gasteiger charge is 2.18. The van der Waals surface area contributed by atoms with Crippen LogP contribution in [0.3, 0.4) is 0 Å². The number of nitrogens with one attached hydrogen (secondary N) is 1. The van der Waals surface area contributed by atoms with Crippen molar-refractivity contribution in [2.24, 2.45) is 0 Å². The van der Waals surface area contributed by atoms with Crippen LogP contribution in [0.1, 0.15) is 24.4 Å². The third-order valence-electron chi connectivity index (χ3n) is 4.59. The monoisotopic (exact) mass is 333 g/mol. The van der Waals surface area contributed by atoms with Gasteiger partial charge in [0, 0.05) is 11.9 Å². The molecule has 0 aliphatic carbocycles. The fraction of sp³-hybridized carbons (Fsp3) is 0.200. The van der Waals surface area contributed by atoms with E-state index in [1.165, 1.54) is 0 Å². The molecule has 126 valence electrons. The fourth-order valence-electron chi connectivity index (χ4n) is 2.97. The molecule has 2 aromatic heterocycles. The van der Waals surface area contributed by atoms with Crippen molar-refractivity contribution in [2.45, 2.75) is 19.5 Å². The van der Waals surface area contributed by atoms with E-state index in [1.807, 2.05) is 55.6 Å². The van der Waals surface area contributed by atoms with E-state index in [-0.39, 0.29) is 11.6 Å². The number of aromatic amines is 1. The van der Waals surface area contributed by atoms with Crippen molar-refractivity contribution in [1.29, 1.82) is 0 Å². The largest absolute Gasteiger partial charge is 0.459 e. The molecule has 2 heterocycles. The van der Waals surface area contributed by atoms with Crippen LogP contribution in [0.2, 0.25) is 0 Å². The maximum Gasteiger partial charge on any atom is 0.271 e. The molecule has 1 N–H and O–H groups in total. The number of aromatic nitrogens is 2. The number of rotatable bonds is 4. The van der Waals surface area contributed by atoms with Gasteiger partial charge in [-0.25, -0.2) is 4.98 Å². The van der Waals surface area contributed by atoms with Gasteiger partial charge in [0.15, 0.2) is 0 Å². The highest BCUT2D eigenvalue weighted by Crippen LogP contribution is 2.27. The Bertz CT molecular complexity index is 1060. The van der Waals surface area contributed by atoms with Crippen molar-refractivity contribution in [3.05, 3.63) is 76.4 Å². The van der Waals surface area contributed by atoms with Crippen LogP contribution >= 0.6 is 0 Å². The average molecular weight is 333 g/mol. The van der Waals surface area contributed by atoms with Gasteiger partial charge in [-0.05, 0) is 38.2 Å². The Kier molecular flexibility index (Phi) is 3.86. The van der Waals surface area contributed by atoms with E-state index in [1.54, 1.807) is 0 Å². The third kappa shape index (κ3) is 2.94. The van der Waals surface area contributed by atoms with Crippen LogP contribution in [0.5, 0.6) is 0 Å². The van der Waals surface area contributed by atoms with Crippen LogP contribution in [0.15, 0.2) is 63.8 Å². The maximum atomic E-state index is 12.3. The SMILES string of the molecule is C[C@H](c1cc2ccccc2o1)N(C)Cc1nc2ccccc2[nH]c1=O. The van der Waals surface area contributed by atoms with Crippen LogP contribution in [-0.4, -0.2) is 21.9 Å². The zero-order valence-corrected chi connectivity index (χ0v) is 14.2.